The number of pyridine rings is 1. The second kappa shape index (κ2) is 11.3. The van der Waals surface area contributed by atoms with Crippen molar-refractivity contribution in [2.75, 3.05) is 0 Å². The summed E-state index contributed by atoms with van der Waals surface area (Å²) in [5.41, 5.74) is 19.8. The molecule has 0 fully saturated rings. The number of rotatable bonds is 4. The molecule has 1 aromatic heterocycles. The maximum Gasteiger partial charge on any atom is 0.0698 e. The van der Waals surface area contributed by atoms with E-state index in [1.54, 1.807) is 27.8 Å². The largest absolute Gasteiger partial charge is 0.256 e. The maximum atomic E-state index is 4.66. The second-order valence-electron chi connectivity index (χ2n) is 15.7. The molecule has 6 aromatic rings. The Morgan fingerprint density at radius 2 is 1.37 bits per heavy atom. The van der Waals surface area contributed by atoms with Crippen molar-refractivity contribution < 1.29 is 0 Å². The number of aromatic nitrogens is 1. The van der Waals surface area contributed by atoms with E-state index in [1.807, 2.05) is 12.3 Å². The average molecular weight is 634 g/mol. The molecule has 0 aliphatic heterocycles. The fourth-order valence-electron chi connectivity index (χ4n) is 8.68. The molecule has 1 unspecified atom stereocenters. The minimum Gasteiger partial charge on any atom is -0.256 e. The zero-order chi connectivity index (χ0) is 33.3. The summed E-state index contributed by atoms with van der Waals surface area (Å²) < 4.78 is 0. The first-order chi connectivity index (χ1) is 23.7. The van der Waals surface area contributed by atoms with E-state index in [9.17, 15) is 0 Å². The van der Waals surface area contributed by atoms with Gasteiger partial charge < -0.3 is 0 Å². The van der Waals surface area contributed by atoms with Crippen molar-refractivity contribution in [2.45, 2.75) is 70.6 Å². The number of benzene rings is 5. The monoisotopic (exact) mass is 633 g/mol. The van der Waals surface area contributed by atoms with E-state index in [4.69, 9.17) is 0 Å². The van der Waals surface area contributed by atoms with Crippen LogP contribution in [0.15, 0.2) is 128 Å². The molecule has 0 radical (unpaired) electrons. The molecule has 0 N–H and O–H groups in total. The lowest BCUT2D eigenvalue weighted by atomic mass is 9.65. The fraction of sp³-hybridized carbons (Fsp3) is 0.229. The molecule has 240 valence electrons. The third-order valence-electron chi connectivity index (χ3n) is 11.5. The van der Waals surface area contributed by atoms with Gasteiger partial charge in [-0.2, -0.15) is 0 Å². The molecule has 1 atom stereocenters. The van der Waals surface area contributed by atoms with Gasteiger partial charge >= 0.3 is 0 Å². The van der Waals surface area contributed by atoms with Crippen molar-refractivity contribution in [3.8, 4) is 33.4 Å². The first-order valence-corrected chi connectivity index (χ1v) is 18.0. The van der Waals surface area contributed by atoms with Gasteiger partial charge in [-0.3, -0.25) is 4.98 Å². The number of aryl methyl sites for hydroxylation is 2. The van der Waals surface area contributed by atoms with E-state index in [2.05, 4.69) is 148 Å². The van der Waals surface area contributed by atoms with Crippen LogP contribution in [0.4, 0.5) is 0 Å². The van der Waals surface area contributed by atoms with Crippen molar-refractivity contribution in [3.63, 3.8) is 0 Å². The summed E-state index contributed by atoms with van der Waals surface area (Å²) in [4.78, 5) is 4.66. The van der Waals surface area contributed by atoms with Gasteiger partial charge in [0.1, 0.15) is 0 Å². The molecule has 0 saturated carbocycles. The van der Waals surface area contributed by atoms with Crippen LogP contribution < -0.4 is 0 Å². The number of fused-ring (bicyclic) bond motifs is 1. The third-order valence-corrected chi connectivity index (χ3v) is 11.5. The summed E-state index contributed by atoms with van der Waals surface area (Å²) in [6.45, 7) is 9.52. The topological polar surface area (TPSA) is 12.9 Å². The van der Waals surface area contributed by atoms with Crippen LogP contribution in [0.2, 0.25) is 0 Å². The molecule has 3 aliphatic rings. The minimum absolute atomic E-state index is 0.103. The highest BCUT2D eigenvalue weighted by Gasteiger charge is 2.36. The smallest absolute Gasteiger partial charge is 0.0698 e. The molecule has 0 saturated heterocycles. The minimum atomic E-state index is -0.103. The summed E-state index contributed by atoms with van der Waals surface area (Å²) in [6, 6.07) is 38.7. The molecule has 1 heteroatoms. The molecule has 49 heavy (non-hydrogen) atoms. The first-order valence-electron chi connectivity index (χ1n) is 18.0. The van der Waals surface area contributed by atoms with Crippen molar-refractivity contribution in [1.29, 1.82) is 0 Å². The quantitative estimate of drug-likeness (QED) is 0.188. The van der Waals surface area contributed by atoms with Crippen LogP contribution in [0.25, 0.3) is 49.7 Å². The van der Waals surface area contributed by atoms with Gasteiger partial charge in [-0.25, -0.2) is 0 Å². The number of hydrogen-bond acceptors (Lipinski definition) is 1. The van der Waals surface area contributed by atoms with E-state index in [0.717, 1.165) is 37.8 Å². The Morgan fingerprint density at radius 1 is 0.633 bits per heavy atom. The lowest BCUT2D eigenvalue weighted by Gasteiger charge is -2.38. The Labute approximate surface area is 291 Å². The average Bonchev–Trinajstić information content (AvgIpc) is 3.13. The van der Waals surface area contributed by atoms with Crippen molar-refractivity contribution >= 4 is 16.3 Å². The highest BCUT2D eigenvalue weighted by molar-refractivity contribution is 5.91. The number of allylic oxidation sites excluding steroid dienone is 4. The molecule has 9 rings (SSSR count). The Morgan fingerprint density at radius 3 is 2.10 bits per heavy atom. The standard InChI is InChI=1S/C48H43N/c1-47(2,3)39-28-37-17-19-40-42(36-13-9-12-34(27-36)35-16-15-31-10-5-6-11-33(31)26-35)30-43(41-20-18-38(29-39)45(37)46(40)41)48(4)23-21-32(22-24-48)44-14-7-8-25-49-44/h5-16,21-23,25-30H,17-20,24H2,1-4H3. The van der Waals surface area contributed by atoms with Crippen LogP contribution in [-0.2, 0) is 36.5 Å². The summed E-state index contributed by atoms with van der Waals surface area (Å²) >= 11 is 0. The van der Waals surface area contributed by atoms with Gasteiger partial charge in [0.15, 0.2) is 0 Å². The molecule has 1 heterocycles. The first kappa shape index (κ1) is 30.1. The Bertz CT molecular complexity index is 2330. The SMILES string of the molecule is CC(C)(C)c1cc2c3c(c1)CCc1c(C4(C)C=CC(c5ccccn5)=CC4)cc(-c4cccc(-c5ccc6ccccc6c5)c4)c(c1-3)CC2. The fourth-order valence-corrected chi connectivity index (χ4v) is 8.68. The molecular formula is C48H43N. The van der Waals surface area contributed by atoms with Crippen LogP contribution in [0.1, 0.15) is 73.2 Å². The van der Waals surface area contributed by atoms with E-state index in [1.165, 1.54) is 55.3 Å². The van der Waals surface area contributed by atoms with Crippen LogP contribution in [0.5, 0.6) is 0 Å². The van der Waals surface area contributed by atoms with E-state index < -0.39 is 0 Å². The predicted molar refractivity (Wildman–Crippen MR) is 207 cm³/mol. The van der Waals surface area contributed by atoms with Crippen molar-refractivity contribution in [3.05, 3.63) is 167 Å². The second-order valence-corrected chi connectivity index (χ2v) is 15.7. The predicted octanol–water partition coefficient (Wildman–Crippen LogP) is 12.0. The van der Waals surface area contributed by atoms with Crippen LogP contribution in [0, 0.1) is 0 Å². The van der Waals surface area contributed by atoms with Gasteiger partial charge in [-0.15, -0.1) is 0 Å². The van der Waals surface area contributed by atoms with E-state index in [0.29, 0.717) is 0 Å². The Hall–Kier alpha value is -5.01. The molecule has 0 amide bonds. The van der Waals surface area contributed by atoms with Gasteiger partial charge in [0.05, 0.1) is 5.69 Å². The Balaban J connectivity index is 1.23. The molecule has 0 bridgehead atoms. The normalized spacial score (nSPS) is 17.9. The van der Waals surface area contributed by atoms with Crippen molar-refractivity contribution in [2.24, 2.45) is 0 Å². The molecule has 1 nitrogen and oxygen atoms in total. The number of hydrogen-bond donors (Lipinski definition) is 0. The summed E-state index contributed by atoms with van der Waals surface area (Å²) in [6.07, 6.45) is 14.4. The van der Waals surface area contributed by atoms with E-state index in [-0.39, 0.29) is 10.8 Å². The Kier molecular flexibility index (Phi) is 6.92. The summed E-state index contributed by atoms with van der Waals surface area (Å²) in [7, 11) is 0. The molecule has 0 spiro atoms. The third kappa shape index (κ3) is 5.10. The zero-order valence-electron chi connectivity index (χ0n) is 29.1. The molecular weight excluding hydrogens is 591 g/mol. The van der Waals surface area contributed by atoms with Crippen LogP contribution >= 0.6 is 0 Å². The highest BCUT2D eigenvalue weighted by Crippen LogP contribution is 2.51. The van der Waals surface area contributed by atoms with Gasteiger partial charge in [0.2, 0.25) is 0 Å². The summed E-state index contributed by atoms with van der Waals surface area (Å²) in [5, 5.41) is 2.56. The van der Waals surface area contributed by atoms with Crippen molar-refractivity contribution in [1.82, 2.24) is 4.98 Å². The molecule has 3 aliphatic carbocycles. The molecule has 5 aromatic carbocycles. The van der Waals surface area contributed by atoms with Crippen LogP contribution in [0.3, 0.4) is 0 Å². The lowest BCUT2D eigenvalue weighted by Crippen LogP contribution is -2.26. The van der Waals surface area contributed by atoms with Gasteiger partial charge in [-0.1, -0.05) is 119 Å². The number of nitrogens with zero attached hydrogens (tertiary/aromatic N) is 1. The van der Waals surface area contributed by atoms with Gasteiger partial charge in [0.25, 0.3) is 0 Å². The highest BCUT2D eigenvalue weighted by atomic mass is 14.7. The van der Waals surface area contributed by atoms with Gasteiger partial charge in [0, 0.05) is 11.6 Å². The zero-order valence-corrected chi connectivity index (χ0v) is 29.1. The maximum absolute atomic E-state index is 4.66. The lowest BCUT2D eigenvalue weighted by molar-refractivity contribution is 0.585. The summed E-state index contributed by atoms with van der Waals surface area (Å²) in [5.74, 6) is 0. The van der Waals surface area contributed by atoms with Gasteiger partial charge in [-0.05, 0) is 151 Å². The van der Waals surface area contributed by atoms with E-state index >= 15 is 0 Å². The van der Waals surface area contributed by atoms with Crippen LogP contribution in [-0.4, -0.2) is 4.98 Å².